The van der Waals surface area contributed by atoms with E-state index in [1.54, 1.807) is 24.3 Å². The van der Waals surface area contributed by atoms with Gasteiger partial charge in [-0.25, -0.2) is 0 Å². The molecule has 0 aliphatic carbocycles. The SMILES string of the molecule is COc1ccc(C(=O)NNC(=O)c2cc(OC)c(OC)c(OC)c2)cc1. The van der Waals surface area contributed by atoms with Gasteiger partial charge < -0.3 is 18.9 Å². The molecular formula is C18H20N2O6. The van der Waals surface area contributed by atoms with Gasteiger partial charge in [-0.2, -0.15) is 0 Å². The first-order valence-electron chi connectivity index (χ1n) is 7.58. The Morgan fingerprint density at radius 3 is 1.62 bits per heavy atom. The summed E-state index contributed by atoms with van der Waals surface area (Å²) in [4.78, 5) is 24.4. The molecule has 0 fully saturated rings. The molecule has 2 aromatic rings. The fourth-order valence-corrected chi connectivity index (χ4v) is 2.21. The molecule has 0 aliphatic heterocycles. The highest BCUT2D eigenvalue weighted by molar-refractivity contribution is 5.99. The fourth-order valence-electron chi connectivity index (χ4n) is 2.21. The molecule has 0 aliphatic rings. The van der Waals surface area contributed by atoms with Crippen LogP contribution in [0.1, 0.15) is 20.7 Å². The van der Waals surface area contributed by atoms with Crippen LogP contribution in [-0.4, -0.2) is 40.3 Å². The third-order valence-electron chi connectivity index (χ3n) is 3.57. The van der Waals surface area contributed by atoms with Gasteiger partial charge in [-0.05, 0) is 36.4 Å². The number of hydrazine groups is 1. The number of rotatable bonds is 6. The molecule has 8 heteroatoms. The Morgan fingerprint density at radius 2 is 1.19 bits per heavy atom. The number of nitrogens with one attached hydrogen (secondary N) is 2. The second-order valence-corrected chi connectivity index (χ2v) is 5.05. The van der Waals surface area contributed by atoms with Gasteiger partial charge in [0, 0.05) is 11.1 Å². The molecule has 2 N–H and O–H groups in total. The van der Waals surface area contributed by atoms with E-state index in [4.69, 9.17) is 18.9 Å². The van der Waals surface area contributed by atoms with E-state index in [0.717, 1.165) is 0 Å². The van der Waals surface area contributed by atoms with Crippen molar-refractivity contribution in [3.8, 4) is 23.0 Å². The lowest BCUT2D eigenvalue weighted by Crippen LogP contribution is -2.41. The molecule has 2 amide bonds. The predicted octanol–water partition coefficient (Wildman–Crippen LogP) is 1.80. The second kappa shape index (κ2) is 8.61. The zero-order valence-corrected chi connectivity index (χ0v) is 14.9. The van der Waals surface area contributed by atoms with Gasteiger partial charge in [0.25, 0.3) is 11.8 Å². The van der Waals surface area contributed by atoms with E-state index >= 15 is 0 Å². The van der Waals surface area contributed by atoms with Gasteiger partial charge in [0.1, 0.15) is 5.75 Å². The van der Waals surface area contributed by atoms with Crippen LogP contribution in [0.5, 0.6) is 23.0 Å². The molecule has 0 saturated carbocycles. The van der Waals surface area contributed by atoms with Gasteiger partial charge in [-0.1, -0.05) is 0 Å². The van der Waals surface area contributed by atoms with E-state index in [9.17, 15) is 9.59 Å². The summed E-state index contributed by atoms with van der Waals surface area (Å²) in [6.45, 7) is 0. The number of benzene rings is 2. The molecule has 0 unspecified atom stereocenters. The number of carbonyl (C=O) groups excluding carboxylic acids is 2. The second-order valence-electron chi connectivity index (χ2n) is 5.05. The van der Waals surface area contributed by atoms with Crippen molar-refractivity contribution in [1.82, 2.24) is 10.9 Å². The monoisotopic (exact) mass is 360 g/mol. The van der Waals surface area contributed by atoms with Crippen molar-refractivity contribution in [2.24, 2.45) is 0 Å². The topological polar surface area (TPSA) is 95.1 Å². The van der Waals surface area contributed by atoms with Crippen LogP contribution < -0.4 is 29.8 Å². The Kier molecular flexibility index (Phi) is 6.26. The summed E-state index contributed by atoms with van der Waals surface area (Å²) < 4.78 is 20.6. The molecule has 2 aromatic carbocycles. The highest BCUT2D eigenvalue weighted by atomic mass is 16.5. The minimum atomic E-state index is -0.536. The lowest BCUT2D eigenvalue weighted by Gasteiger charge is -2.14. The molecule has 0 heterocycles. The lowest BCUT2D eigenvalue weighted by atomic mass is 10.1. The molecule has 0 atom stereocenters. The van der Waals surface area contributed by atoms with Gasteiger partial charge in [-0.3, -0.25) is 20.4 Å². The Morgan fingerprint density at radius 1 is 0.692 bits per heavy atom. The Labute approximate surface area is 151 Å². The van der Waals surface area contributed by atoms with Crippen molar-refractivity contribution in [2.75, 3.05) is 28.4 Å². The largest absolute Gasteiger partial charge is 0.497 e. The third-order valence-corrected chi connectivity index (χ3v) is 3.57. The number of ether oxygens (including phenoxy) is 4. The van der Waals surface area contributed by atoms with E-state index in [1.165, 1.54) is 40.6 Å². The molecule has 8 nitrogen and oxygen atoms in total. The quantitative estimate of drug-likeness (QED) is 0.763. The van der Waals surface area contributed by atoms with Crippen molar-refractivity contribution in [2.45, 2.75) is 0 Å². The highest BCUT2D eigenvalue weighted by Crippen LogP contribution is 2.38. The summed E-state index contributed by atoms with van der Waals surface area (Å²) in [6.07, 6.45) is 0. The Hall–Kier alpha value is -3.42. The van der Waals surface area contributed by atoms with Gasteiger partial charge >= 0.3 is 0 Å². The zero-order valence-electron chi connectivity index (χ0n) is 14.9. The average molecular weight is 360 g/mol. The van der Waals surface area contributed by atoms with Crippen LogP contribution >= 0.6 is 0 Å². The van der Waals surface area contributed by atoms with Crippen molar-refractivity contribution >= 4 is 11.8 Å². The summed E-state index contributed by atoms with van der Waals surface area (Å²) in [5, 5.41) is 0. The molecular weight excluding hydrogens is 340 g/mol. The normalized spacial score (nSPS) is 9.85. The summed E-state index contributed by atoms with van der Waals surface area (Å²) in [5.41, 5.74) is 5.29. The molecule has 26 heavy (non-hydrogen) atoms. The van der Waals surface area contributed by atoms with Gasteiger partial charge in [0.2, 0.25) is 5.75 Å². The van der Waals surface area contributed by atoms with Gasteiger partial charge in [0.15, 0.2) is 11.5 Å². The van der Waals surface area contributed by atoms with E-state index in [1.807, 2.05) is 0 Å². The molecule has 138 valence electrons. The smallest absolute Gasteiger partial charge is 0.269 e. The van der Waals surface area contributed by atoms with Gasteiger partial charge in [-0.15, -0.1) is 0 Å². The van der Waals surface area contributed by atoms with Crippen LogP contribution in [0.3, 0.4) is 0 Å². The van der Waals surface area contributed by atoms with E-state index in [-0.39, 0.29) is 5.56 Å². The summed E-state index contributed by atoms with van der Waals surface area (Å²) >= 11 is 0. The molecule has 0 spiro atoms. The Bertz CT molecular complexity index is 764. The van der Waals surface area contributed by atoms with E-state index in [0.29, 0.717) is 28.6 Å². The standard InChI is InChI=1S/C18H20N2O6/c1-23-13-7-5-11(6-8-13)17(21)19-20-18(22)12-9-14(24-2)16(26-4)15(10-12)25-3/h5-10H,1-4H3,(H,19,21)(H,20,22). The fraction of sp³-hybridized carbons (Fsp3) is 0.222. The van der Waals surface area contributed by atoms with Crippen molar-refractivity contribution < 1.29 is 28.5 Å². The number of hydrogen-bond donors (Lipinski definition) is 2. The van der Waals surface area contributed by atoms with Gasteiger partial charge in [0.05, 0.1) is 28.4 Å². The summed E-state index contributed by atoms with van der Waals surface area (Å²) in [5.74, 6) is 0.661. The zero-order chi connectivity index (χ0) is 19.1. The van der Waals surface area contributed by atoms with Crippen molar-refractivity contribution in [3.63, 3.8) is 0 Å². The van der Waals surface area contributed by atoms with Crippen LogP contribution in [0.15, 0.2) is 36.4 Å². The minimum Gasteiger partial charge on any atom is -0.497 e. The van der Waals surface area contributed by atoms with E-state index in [2.05, 4.69) is 10.9 Å². The molecule has 0 aromatic heterocycles. The Balaban J connectivity index is 2.10. The first-order valence-corrected chi connectivity index (χ1v) is 7.58. The van der Waals surface area contributed by atoms with Crippen LogP contribution in [0.25, 0.3) is 0 Å². The maximum absolute atomic E-state index is 12.3. The molecule has 0 bridgehead atoms. The third kappa shape index (κ3) is 4.15. The lowest BCUT2D eigenvalue weighted by molar-refractivity contribution is 0.0846. The maximum atomic E-state index is 12.3. The van der Waals surface area contributed by atoms with Crippen LogP contribution in [-0.2, 0) is 0 Å². The number of methoxy groups -OCH3 is 4. The van der Waals surface area contributed by atoms with E-state index < -0.39 is 11.8 Å². The number of hydrogen-bond acceptors (Lipinski definition) is 6. The van der Waals surface area contributed by atoms with Crippen LogP contribution in [0.4, 0.5) is 0 Å². The first kappa shape index (κ1) is 18.9. The molecule has 2 rings (SSSR count). The molecule has 0 saturated heterocycles. The summed E-state index contributed by atoms with van der Waals surface area (Å²) in [7, 11) is 5.90. The maximum Gasteiger partial charge on any atom is 0.269 e. The van der Waals surface area contributed by atoms with Crippen LogP contribution in [0, 0.1) is 0 Å². The van der Waals surface area contributed by atoms with Crippen molar-refractivity contribution in [3.05, 3.63) is 47.5 Å². The van der Waals surface area contributed by atoms with Crippen LogP contribution in [0.2, 0.25) is 0 Å². The predicted molar refractivity (Wildman–Crippen MR) is 94.0 cm³/mol. The summed E-state index contributed by atoms with van der Waals surface area (Å²) in [6, 6.07) is 9.43. The number of carbonyl (C=O) groups is 2. The first-order chi connectivity index (χ1) is 12.5. The average Bonchev–Trinajstić information content (AvgIpc) is 2.70. The highest BCUT2D eigenvalue weighted by Gasteiger charge is 2.17. The molecule has 0 radical (unpaired) electrons. The minimum absolute atomic E-state index is 0.231. The number of amides is 2. The van der Waals surface area contributed by atoms with Crippen molar-refractivity contribution in [1.29, 1.82) is 0 Å².